The molecule has 0 aliphatic heterocycles. The van der Waals surface area contributed by atoms with E-state index in [1.165, 1.54) is 5.56 Å². The summed E-state index contributed by atoms with van der Waals surface area (Å²) in [4.78, 5) is 26.3. The van der Waals surface area contributed by atoms with Gasteiger partial charge in [0, 0.05) is 6.54 Å². The van der Waals surface area contributed by atoms with E-state index < -0.39 is 5.41 Å². The Morgan fingerprint density at radius 2 is 1.39 bits per heavy atom. The fourth-order valence-electron chi connectivity index (χ4n) is 4.47. The van der Waals surface area contributed by atoms with Crippen molar-refractivity contribution < 1.29 is 9.59 Å². The molecule has 31 heavy (non-hydrogen) atoms. The van der Waals surface area contributed by atoms with Crippen LogP contribution in [-0.2, 0) is 16.6 Å². The van der Waals surface area contributed by atoms with Gasteiger partial charge in [-0.15, -0.1) is 0 Å². The van der Waals surface area contributed by atoms with Crippen LogP contribution < -0.4 is 10.6 Å². The van der Waals surface area contributed by atoms with Crippen molar-refractivity contribution >= 4 is 17.5 Å². The van der Waals surface area contributed by atoms with Gasteiger partial charge in [-0.25, -0.2) is 0 Å². The molecule has 1 saturated carbocycles. The van der Waals surface area contributed by atoms with Crippen LogP contribution in [0.3, 0.4) is 0 Å². The molecule has 0 heterocycles. The Morgan fingerprint density at radius 1 is 0.774 bits per heavy atom. The van der Waals surface area contributed by atoms with E-state index in [2.05, 4.69) is 10.6 Å². The topological polar surface area (TPSA) is 58.2 Å². The molecule has 4 rings (SSSR count). The van der Waals surface area contributed by atoms with Crippen LogP contribution in [-0.4, -0.2) is 18.4 Å². The Hall–Kier alpha value is -3.40. The summed E-state index contributed by atoms with van der Waals surface area (Å²) in [6.45, 7) is 0.541. The highest BCUT2D eigenvalue weighted by Gasteiger charge is 2.42. The molecule has 2 N–H and O–H groups in total. The van der Waals surface area contributed by atoms with Crippen molar-refractivity contribution in [1.29, 1.82) is 0 Å². The minimum atomic E-state index is -0.530. The van der Waals surface area contributed by atoms with Gasteiger partial charge in [0.2, 0.25) is 5.91 Å². The van der Waals surface area contributed by atoms with Crippen LogP contribution >= 0.6 is 0 Å². The molecule has 1 aliphatic carbocycles. The number of benzene rings is 3. The Morgan fingerprint density at radius 3 is 2.10 bits per heavy atom. The molecule has 158 valence electrons. The minimum Gasteiger partial charge on any atom is -0.352 e. The second-order valence-electron chi connectivity index (χ2n) is 8.15. The van der Waals surface area contributed by atoms with Crippen molar-refractivity contribution in [2.45, 2.75) is 37.5 Å². The third-order valence-corrected chi connectivity index (χ3v) is 6.18. The summed E-state index contributed by atoms with van der Waals surface area (Å²) >= 11 is 0. The van der Waals surface area contributed by atoms with Crippen molar-refractivity contribution in [1.82, 2.24) is 5.32 Å². The average molecular weight is 413 g/mol. The number of hydrogen-bond acceptors (Lipinski definition) is 2. The molecule has 4 heteroatoms. The monoisotopic (exact) mass is 412 g/mol. The third-order valence-electron chi connectivity index (χ3n) is 6.18. The van der Waals surface area contributed by atoms with Gasteiger partial charge in [-0.3, -0.25) is 9.59 Å². The second-order valence-corrected chi connectivity index (χ2v) is 8.15. The van der Waals surface area contributed by atoms with E-state index in [1.807, 2.05) is 72.8 Å². The van der Waals surface area contributed by atoms with Crippen LogP contribution in [0.4, 0.5) is 5.69 Å². The number of nitrogens with one attached hydrogen (secondary N) is 2. The first-order valence-corrected chi connectivity index (χ1v) is 11.0. The van der Waals surface area contributed by atoms with Crippen LogP contribution in [0, 0.1) is 0 Å². The van der Waals surface area contributed by atoms with Crippen molar-refractivity contribution in [3.63, 3.8) is 0 Å². The molecular formula is C27H28N2O2. The zero-order chi connectivity index (χ0) is 21.5. The minimum absolute atomic E-state index is 0.0271. The van der Waals surface area contributed by atoms with E-state index in [0.717, 1.165) is 37.7 Å². The van der Waals surface area contributed by atoms with Crippen LogP contribution in [0.15, 0.2) is 84.9 Å². The highest BCUT2D eigenvalue weighted by atomic mass is 16.2. The van der Waals surface area contributed by atoms with Crippen LogP contribution in [0.25, 0.3) is 0 Å². The SMILES string of the molecule is O=C(NCCc1ccccc1)c1ccccc1NC(=O)C1(c2ccccc2)CCCC1. The van der Waals surface area contributed by atoms with Gasteiger partial charge in [-0.05, 0) is 42.5 Å². The number of para-hydroxylation sites is 1. The number of hydrogen-bond donors (Lipinski definition) is 2. The standard InChI is InChI=1S/C27H28N2O2/c30-25(28-20-17-21-11-3-1-4-12-21)23-15-7-8-16-24(23)29-26(31)27(18-9-10-19-27)22-13-5-2-6-14-22/h1-8,11-16H,9-10,17-20H2,(H,28,30)(H,29,31). The fraction of sp³-hybridized carbons (Fsp3) is 0.259. The van der Waals surface area contributed by atoms with Gasteiger partial charge in [-0.2, -0.15) is 0 Å². The lowest BCUT2D eigenvalue weighted by molar-refractivity contribution is -0.121. The van der Waals surface area contributed by atoms with Gasteiger partial charge in [-0.1, -0.05) is 85.6 Å². The lowest BCUT2D eigenvalue weighted by Crippen LogP contribution is -2.38. The number of anilines is 1. The Bertz CT molecular complexity index is 1030. The van der Waals surface area contributed by atoms with Gasteiger partial charge in [0.25, 0.3) is 5.91 Å². The summed E-state index contributed by atoms with van der Waals surface area (Å²) in [6, 6.07) is 27.3. The van der Waals surface area contributed by atoms with Gasteiger partial charge in [0.05, 0.1) is 16.7 Å². The van der Waals surface area contributed by atoms with Crippen molar-refractivity contribution in [2.75, 3.05) is 11.9 Å². The normalized spacial score (nSPS) is 14.7. The molecule has 0 aromatic heterocycles. The van der Waals surface area contributed by atoms with E-state index in [0.29, 0.717) is 17.8 Å². The summed E-state index contributed by atoms with van der Waals surface area (Å²) in [6.07, 6.45) is 4.48. The van der Waals surface area contributed by atoms with Crippen LogP contribution in [0.2, 0.25) is 0 Å². The summed E-state index contributed by atoms with van der Waals surface area (Å²) in [7, 11) is 0. The van der Waals surface area contributed by atoms with E-state index in [-0.39, 0.29) is 11.8 Å². The van der Waals surface area contributed by atoms with E-state index in [1.54, 1.807) is 12.1 Å². The van der Waals surface area contributed by atoms with Crippen molar-refractivity contribution in [3.8, 4) is 0 Å². The summed E-state index contributed by atoms with van der Waals surface area (Å²) in [5.41, 5.74) is 2.75. The highest BCUT2D eigenvalue weighted by molar-refractivity contribution is 6.06. The summed E-state index contributed by atoms with van der Waals surface area (Å²) in [5.74, 6) is -0.201. The van der Waals surface area contributed by atoms with Crippen LogP contribution in [0.5, 0.6) is 0 Å². The van der Waals surface area contributed by atoms with Crippen LogP contribution in [0.1, 0.15) is 47.2 Å². The molecule has 0 spiro atoms. The maximum atomic E-state index is 13.5. The number of amides is 2. The van der Waals surface area contributed by atoms with Gasteiger partial charge in [0.1, 0.15) is 0 Å². The van der Waals surface area contributed by atoms with E-state index in [4.69, 9.17) is 0 Å². The molecule has 2 amide bonds. The largest absolute Gasteiger partial charge is 0.352 e. The number of carbonyl (C=O) groups is 2. The third kappa shape index (κ3) is 4.69. The second kappa shape index (κ2) is 9.61. The molecule has 1 aliphatic rings. The molecule has 1 fully saturated rings. The summed E-state index contributed by atoms with van der Waals surface area (Å²) in [5, 5.41) is 6.06. The first-order valence-electron chi connectivity index (χ1n) is 11.0. The van der Waals surface area contributed by atoms with E-state index >= 15 is 0 Å². The Labute approximate surface area is 183 Å². The maximum Gasteiger partial charge on any atom is 0.253 e. The quantitative estimate of drug-likeness (QED) is 0.567. The molecule has 4 nitrogen and oxygen atoms in total. The molecule has 0 saturated heterocycles. The molecule has 0 radical (unpaired) electrons. The van der Waals surface area contributed by atoms with Crippen molar-refractivity contribution in [3.05, 3.63) is 102 Å². The highest BCUT2D eigenvalue weighted by Crippen LogP contribution is 2.42. The summed E-state index contributed by atoms with van der Waals surface area (Å²) < 4.78 is 0. The maximum absolute atomic E-state index is 13.5. The predicted octanol–water partition coefficient (Wildman–Crippen LogP) is 5.11. The van der Waals surface area contributed by atoms with Gasteiger partial charge >= 0.3 is 0 Å². The molecule has 0 bridgehead atoms. The van der Waals surface area contributed by atoms with E-state index in [9.17, 15) is 9.59 Å². The first kappa shape index (κ1) is 20.9. The zero-order valence-electron chi connectivity index (χ0n) is 17.6. The van der Waals surface area contributed by atoms with Gasteiger partial charge in [0.15, 0.2) is 0 Å². The molecule has 0 unspecified atom stereocenters. The van der Waals surface area contributed by atoms with Crippen molar-refractivity contribution in [2.24, 2.45) is 0 Å². The van der Waals surface area contributed by atoms with Gasteiger partial charge < -0.3 is 10.6 Å². The molecular weight excluding hydrogens is 384 g/mol. The smallest absolute Gasteiger partial charge is 0.253 e. The predicted molar refractivity (Wildman–Crippen MR) is 124 cm³/mol. The Balaban J connectivity index is 1.48. The molecule has 0 atom stereocenters. The first-order chi connectivity index (χ1) is 15.2. The Kier molecular flexibility index (Phi) is 6.46. The number of carbonyl (C=O) groups excluding carboxylic acids is 2. The number of rotatable bonds is 7. The average Bonchev–Trinajstić information content (AvgIpc) is 3.32. The molecule has 3 aromatic rings. The zero-order valence-corrected chi connectivity index (χ0v) is 17.6. The molecule has 3 aromatic carbocycles. The lowest BCUT2D eigenvalue weighted by atomic mass is 9.78. The lowest BCUT2D eigenvalue weighted by Gasteiger charge is -2.28. The fourth-order valence-corrected chi connectivity index (χ4v) is 4.47.